The fraction of sp³-hybridized carbons (Fsp3) is 0. The molecule has 2 aromatic carbocycles. The molecule has 0 aliphatic heterocycles. The first-order chi connectivity index (χ1) is 9.88. The average Bonchev–Trinajstić information content (AvgIpc) is 2.37. The fourth-order valence-corrected chi connectivity index (χ4v) is 1.94. The van der Waals surface area contributed by atoms with Crippen LogP contribution >= 0.6 is 15.9 Å². The van der Waals surface area contributed by atoms with Gasteiger partial charge in [0, 0.05) is 22.3 Å². The van der Waals surface area contributed by atoms with E-state index in [4.69, 9.17) is 0 Å². The maximum Gasteiger partial charge on any atom is 0.304 e. The van der Waals surface area contributed by atoms with Gasteiger partial charge in [0.2, 0.25) is 5.82 Å². The fourth-order valence-electron chi connectivity index (χ4n) is 1.60. The van der Waals surface area contributed by atoms with E-state index in [0.717, 1.165) is 24.3 Å². The lowest BCUT2D eigenvalue weighted by Gasteiger charge is -2.06. The molecule has 108 valence electrons. The van der Waals surface area contributed by atoms with Crippen LogP contribution in [0.3, 0.4) is 0 Å². The number of amides is 1. The van der Waals surface area contributed by atoms with Crippen LogP contribution in [0.1, 0.15) is 10.4 Å². The second-order valence-corrected chi connectivity index (χ2v) is 4.92. The molecule has 21 heavy (non-hydrogen) atoms. The van der Waals surface area contributed by atoms with Crippen LogP contribution in [0.5, 0.6) is 0 Å². The van der Waals surface area contributed by atoms with E-state index in [9.17, 15) is 23.7 Å². The lowest BCUT2D eigenvalue weighted by atomic mass is 10.2. The summed E-state index contributed by atoms with van der Waals surface area (Å²) in [7, 11) is 0. The number of carbonyl (C=O) groups excluding carboxylic acids is 1. The van der Waals surface area contributed by atoms with Crippen LogP contribution < -0.4 is 5.32 Å². The van der Waals surface area contributed by atoms with Crippen LogP contribution in [0.4, 0.5) is 20.2 Å². The number of nitrogens with zero attached hydrogens (tertiary/aromatic N) is 1. The van der Waals surface area contributed by atoms with Crippen molar-refractivity contribution in [1.29, 1.82) is 0 Å². The summed E-state index contributed by atoms with van der Waals surface area (Å²) in [6, 6.07) is 6.74. The summed E-state index contributed by atoms with van der Waals surface area (Å²) in [5, 5.41) is 12.7. The molecule has 2 rings (SSSR count). The van der Waals surface area contributed by atoms with Crippen LogP contribution in [0, 0.1) is 21.7 Å². The second kappa shape index (κ2) is 5.96. The Morgan fingerprint density at radius 3 is 2.43 bits per heavy atom. The van der Waals surface area contributed by atoms with Gasteiger partial charge in [-0.3, -0.25) is 14.9 Å². The number of nitro groups is 1. The minimum atomic E-state index is -1.09. The van der Waals surface area contributed by atoms with Crippen molar-refractivity contribution >= 4 is 33.2 Å². The van der Waals surface area contributed by atoms with E-state index in [1.54, 1.807) is 0 Å². The second-order valence-electron chi connectivity index (χ2n) is 4.00. The molecule has 2 aromatic rings. The van der Waals surface area contributed by atoms with Gasteiger partial charge in [-0.2, -0.15) is 4.39 Å². The molecule has 0 saturated carbocycles. The molecule has 5 nitrogen and oxygen atoms in total. The molecule has 0 aromatic heterocycles. The number of rotatable bonds is 3. The first-order valence-corrected chi connectivity index (χ1v) is 6.38. The van der Waals surface area contributed by atoms with E-state index >= 15 is 0 Å². The van der Waals surface area contributed by atoms with Crippen molar-refractivity contribution < 1.29 is 18.5 Å². The number of nitrogens with one attached hydrogen (secondary N) is 1. The Morgan fingerprint density at radius 1 is 1.14 bits per heavy atom. The lowest BCUT2D eigenvalue weighted by Crippen LogP contribution is -2.14. The third kappa shape index (κ3) is 3.40. The zero-order valence-corrected chi connectivity index (χ0v) is 11.9. The van der Waals surface area contributed by atoms with Crippen molar-refractivity contribution in [2.75, 3.05) is 5.32 Å². The van der Waals surface area contributed by atoms with Crippen LogP contribution in [0.15, 0.2) is 40.9 Å². The van der Waals surface area contributed by atoms with Gasteiger partial charge in [0.15, 0.2) is 0 Å². The normalized spacial score (nSPS) is 10.2. The SMILES string of the molecule is O=C(Nc1ccc([N+](=O)[O-])c(F)c1)c1ccc(Br)cc1F. The number of hydrogen-bond donors (Lipinski definition) is 1. The molecular formula is C13H7BrF2N2O3. The summed E-state index contributed by atoms with van der Waals surface area (Å²) >= 11 is 3.06. The van der Waals surface area contributed by atoms with Crippen LogP contribution in [-0.2, 0) is 0 Å². The van der Waals surface area contributed by atoms with E-state index in [2.05, 4.69) is 21.2 Å². The molecule has 0 aliphatic rings. The largest absolute Gasteiger partial charge is 0.322 e. The van der Waals surface area contributed by atoms with Crippen LogP contribution in [0.25, 0.3) is 0 Å². The van der Waals surface area contributed by atoms with Gasteiger partial charge in [-0.25, -0.2) is 4.39 Å². The van der Waals surface area contributed by atoms with Gasteiger partial charge in [0.1, 0.15) is 5.82 Å². The Kier molecular flexibility index (Phi) is 4.27. The van der Waals surface area contributed by atoms with Gasteiger partial charge in [0.25, 0.3) is 5.91 Å². The highest BCUT2D eigenvalue weighted by molar-refractivity contribution is 9.10. The smallest absolute Gasteiger partial charge is 0.304 e. The standard InChI is InChI=1S/C13H7BrF2N2O3/c14-7-1-3-9(10(15)5-7)13(19)17-8-2-4-12(18(20)21)11(16)6-8/h1-6H,(H,17,19). The number of benzene rings is 2. The van der Waals surface area contributed by atoms with Crippen molar-refractivity contribution in [2.45, 2.75) is 0 Å². The van der Waals surface area contributed by atoms with E-state index < -0.39 is 28.2 Å². The summed E-state index contributed by atoms with van der Waals surface area (Å²) in [5.41, 5.74) is -0.940. The number of anilines is 1. The minimum absolute atomic E-state index is 0.00887. The predicted octanol–water partition coefficient (Wildman–Crippen LogP) is 3.89. The Balaban J connectivity index is 2.23. The van der Waals surface area contributed by atoms with Gasteiger partial charge in [-0.15, -0.1) is 0 Å². The molecule has 0 fully saturated rings. The number of carbonyl (C=O) groups is 1. The Bertz CT molecular complexity index is 737. The highest BCUT2D eigenvalue weighted by Crippen LogP contribution is 2.22. The first kappa shape index (κ1) is 15.0. The Morgan fingerprint density at radius 2 is 1.86 bits per heavy atom. The summed E-state index contributed by atoms with van der Waals surface area (Å²) in [6.45, 7) is 0. The van der Waals surface area contributed by atoms with E-state index in [0.29, 0.717) is 4.47 Å². The Hall–Kier alpha value is -2.35. The van der Waals surface area contributed by atoms with E-state index in [1.165, 1.54) is 12.1 Å². The topological polar surface area (TPSA) is 72.2 Å². The molecule has 8 heteroatoms. The van der Waals surface area contributed by atoms with Crippen LogP contribution in [-0.4, -0.2) is 10.8 Å². The zero-order valence-electron chi connectivity index (χ0n) is 10.3. The maximum atomic E-state index is 13.6. The molecule has 1 amide bonds. The van der Waals surface area contributed by atoms with Crippen LogP contribution in [0.2, 0.25) is 0 Å². The van der Waals surface area contributed by atoms with Gasteiger partial charge in [-0.05, 0) is 24.3 Å². The minimum Gasteiger partial charge on any atom is -0.322 e. The summed E-state index contributed by atoms with van der Waals surface area (Å²) < 4.78 is 27.5. The maximum absolute atomic E-state index is 13.6. The van der Waals surface area contributed by atoms with Crippen molar-refractivity contribution in [1.82, 2.24) is 0 Å². The van der Waals surface area contributed by atoms with Gasteiger partial charge in [-0.1, -0.05) is 15.9 Å². The summed E-state index contributed by atoms with van der Waals surface area (Å²) in [5.74, 6) is -2.62. The molecule has 1 N–H and O–H groups in total. The van der Waals surface area contributed by atoms with E-state index in [1.807, 2.05) is 0 Å². The van der Waals surface area contributed by atoms with Crippen molar-refractivity contribution in [2.24, 2.45) is 0 Å². The first-order valence-electron chi connectivity index (χ1n) is 5.59. The molecular weight excluding hydrogens is 350 g/mol. The quantitative estimate of drug-likeness (QED) is 0.669. The highest BCUT2D eigenvalue weighted by Gasteiger charge is 2.16. The highest BCUT2D eigenvalue weighted by atomic mass is 79.9. The van der Waals surface area contributed by atoms with Crippen molar-refractivity contribution in [3.63, 3.8) is 0 Å². The third-order valence-corrected chi connectivity index (χ3v) is 3.07. The lowest BCUT2D eigenvalue weighted by molar-refractivity contribution is -0.387. The predicted molar refractivity (Wildman–Crippen MR) is 75.1 cm³/mol. The molecule has 0 saturated heterocycles. The van der Waals surface area contributed by atoms with Crippen molar-refractivity contribution in [3.05, 3.63) is 68.2 Å². The Labute approximate surface area is 125 Å². The summed E-state index contributed by atoms with van der Waals surface area (Å²) in [4.78, 5) is 21.5. The molecule has 0 bridgehead atoms. The average molecular weight is 357 g/mol. The number of hydrogen-bond acceptors (Lipinski definition) is 3. The zero-order chi connectivity index (χ0) is 15.6. The van der Waals surface area contributed by atoms with Crippen molar-refractivity contribution in [3.8, 4) is 0 Å². The molecule has 0 atom stereocenters. The third-order valence-electron chi connectivity index (χ3n) is 2.58. The van der Waals surface area contributed by atoms with Gasteiger partial charge < -0.3 is 5.32 Å². The number of halogens is 3. The monoisotopic (exact) mass is 356 g/mol. The van der Waals surface area contributed by atoms with E-state index in [-0.39, 0.29) is 11.3 Å². The van der Waals surface area contributed by atoms with Gasteiger partial charge >= 0.3 is 5.69 Å². The van der Waals surface area contributed by atoms with Gasteiger partial charge in [0.05, 0.1) is 10.5 Å². The molecule has 0 radical (unpaired) electrons. The molecule has 0 aliphatic carbocycles. The molecule has 0 unspecified atom stereocenters. The molecule has 0 heterocycles. The summed E-state index contributed by atoms with van der Waals surface area (Å²) in [6.07, 6.45) is 0. The molecule has 0 spiro atoms. The number of nitro benzene ring substituents is 1.